The summed E-state index contributed by atoms with van der Waals surface area (Å²) in [5, 5.41) is 18.7. The van der Waals surface area contributed by atoms with E-state index in [0.29, 0.717) is 0 Å². The van der Waals surface area contributed by atoms with E-state index in [-0.39, 0.29) is 50.2 Å². The maximum Gasteiger partial charge on any atom is 0.314 e. The molecule has 0 unspecified atom stereocenters. The van der Waals surface area contributed by atoms with E-state index in [2.05, 4.69) is 6.58 Å². The van der Waals surface area contributed by atoms with E-state index in [4.69, 9.17) is 9.52 Å². The van der Waals surface area contributed by atoms with Crippen molar-refractivity contribution < 1.29 is 29.0 Å². The number of aliphatic hydroxyl groups excluding tert-OH is 1. The van der Waals surface area contributed by atoms with Crippen molar-refractivity contribution in [1.82, 2.24) is 9.80 Å². The van der Waals surface area contributed by atoms with Gasteiger partial charge in [-0.05, 0) is 12.1 Å². The zero-order chi connectivity index (χ0) is 17.5. The molecule has 3 heterocycles. The third kappa shape index (κ3) is 2.30. The number of hydrogen-bond acceptors (Lipinski definition) is 5. The van der Waals surface area contributed by atoms with Gasteiger partial charge in [0, 0.05) is 26.2 Å². The number of furan rings is 1. The molecule has 2 aliphatic heterocycles. The fourth-order valence-electron chi connectivity index (χ4n) is 3.51. The van der Waals surface area contributed by atoms with Crippen LogP contribution >= 0.6 is 0 Å². The Labute approximate surface area is 137 Å². The van der Waals surface area contributed by atoms with Crippen molar-refractivity contribution in [2.75, 3.05) is 26.2 Å². The molecule has 0 spiro atoms. The van der Waals surface area contributed by atoms with Gasteiger partial charge in [0.1, 0.15) is 17.8 Å². The fourth-order valence-corrected chi connectivity index (χ4v) is 3.51. The Morgan fingerprint density at radius 3 is 2.71 bits per heavy atom. The Morgan fingerprint density at radius 1 is 1.42 bits per heavy atom. The van der Waals surface area contributed by atoms with Crippen molar-refractivity contribution in [2.45, 2.75) is 6.61 Å². The molecular weight excluding hydrogens is 316 g/mol. The highest BCUT2D eigenvalue weighted by atomic mass is 16.4. The molecule has 1 aromatic heterocycles. The van der Waals surface area contributed by atoms with E-state index >= 15 is 0 Å². The summed E-state index contributed by atoms with van der Waals surface area (Å²) in [6.07, 6.45) is 1.55. The Hall–Kier alpha value is -2.61. The quantitative estimate of drug-likeness (QED) is 0.730. The van der Waals surface area contributed by atoms with Gasteiger partial charge in [0.15, 0.2) is 5.76 Å². The number of amides is 2. The minimum Gasteiger partial charge on any atom is -0.481 e. The molecule has 0 aromatic carbocycles. The van der Waals surface area contributed by atoms with Crippen LogP contribution in [0.1, 0.15) is 16.3 Å². The number of hydrogen-bond donors (Lipinski definition) is 2. The first-order chi connectivity index (χ1) is 11.4. The number of carboxylic acid groups (broad SMARTS) is 1. The summed E-state index contributed by atoms with van der Waals surface area (Å²) in [5.41, 5.74) is -1.30. The summed E-state index contributed by atoms with van der Waals surface area (Å²) >= 11 is 0. The number of aliphatic carboxylic acids is 1. The molecule has 3 rings (SSSR count). The maximum atomic E-state index is 12.5. The second-order valence-electron chi connectivity index (χ2n) is 6.13. The molecule has 2 atom stereocenters. The predicted molar refractivity (Wildman–Crippen MR) is 80.9 cm³/mol. The molecule has 8 heteroatoms. The van der Waals surface area contributed by atoms with Crippen LogP contribution in [0, 0.1) is 11.3 Å². The Kier molecular flexibility index (Phi) is 3.92. The average Bonchev–Trinajstić information content (AvgIpc) is 3.23. The van der Waals surface area contributed by atoms with Crippen LogP contribution in [0.15, 0.2) is 29.2 Å². The zero-order valence-corrected chi connectivity index (χ0v) is 13.0. The van der Waals surface area contributed by atoms with Gasteiger partial charge in [-0.2, -0.15) is 0 Å². The van der Waals surface area contributed by atoms with Crippen LogP contribution in [0.25, 0.3) is 0 Å². The largest absolute Gasteiger partial charge is 0.481 e. The van der Waals surface area contributed by atoms with Gasteiger partial charge in [-0.25, -0.2) is 0 Å². The predicted octanol–water partition coefficient (Wildman–Crippen LogP) is -0.0569. The second kappa shape index (κ2) is 5.79. The van der Waals surface area contributed by atoms with Crippen molar-refractivity contribution in [3.8, 4) is 0 Å². The first-order valence-electron chi connectivity index (χ1n) is 7.55. The molecule has 2 saturated heterocycles. The summed E-state index contributed by atoms with van der Waals surface area (Å²) in [6, 6.07) is 2.91. The molecular formula is C16H18N2O6. The number of nitrogens with zero attached hydrogens (tertiary/aromatic N) is 2. The van der Waals surface area contributed by atoms with Crippen molar-refractivity contribution in [1.29, 1.82) is 0 Å². The average molecular weight is 334 g/mol. The lowest BCUT2D eigenvalue weighted by atomic mass is 9.81. The van der Waals surface area contributed by atoms with Crippen molar-refractivity contribution in [3.05, 3.63) is 36.3 Å². The van der Waals surface area contributed by atoms with Crippen LogP contribution in [0.3, 0.4) is 0 Å². The standard InChI is InChI=1S/C16H18N2O6/c1-2-5-17-8-16(15(22)23)9-18(6-11(16)13(17)20)14(21)12-4-3-10(7-19)24-12/h2-4,11,19H,1,5-9H2,(H,22,23)/t11-,16+/m0/s1. The lowest BCUT2D eigenvalue weighted by Gasteiger charge is -2.24. The highest BCUT2D eigenvalue weighted by Crippen LogP contribution is 2.44. The Bertz CT molecular complexity index is 711. The maximum absolute atomic E-state index is 12.5. The fraction of sp³-hybridized carbons (Fsp3) is 0.438. The van der Waals surface area contributed by atoms with Gasteiger partial charge < -0.3 is 24.4 Å². The van der Waals surface area contributed by atoms with Crippen molar-refractivity contribution in [3.63, 3.8) is 0 Å². The summed E-state index contributed by atoms with van der Waals surface area (Å²) in [7, 11) is 0. The molecule has 1 aromatic rings. The molecule has 0 radical (unpaired) electrons. The number of likely N-dealkylation sites (tertiary alicyclic amines) is 2. The summed E-state index contributed by atoms with van der Waals surface area (Å²) in [4.78, 5) is 39.6. The van der Waals surface area contributed by atoms with Crippen LogP contribution in [-0.4, -0.2) is 64.0 Å². The van der Waals surface area contributed by atoms with Crippen molar-refractivity contribution >= 4 is 17.8 Å². The molecule has 0 aliphatic carbocycles. The molecule has 24 heavy (non-hydrogen) atoms. The van der Waals surface area contributed by atoms with E-state index in [1.165, 1.54) is 21.9 Å². The molecule has 0 saturated carbocycles. The van der Waals surface area contributed by atoms with Gasteiger partial charge in [-0.15, -0.1) is 6.58 Å². The van der Waals surface area contributed by atoms with E-state index in [0.717, 1.165) is 0 Å². The number of carbonyl (C=O) groups is 3. The zero-order valence-electron chi connectivity index (χ0n) is 13.0. The molecule has 2 aliphatic rings. The summed E-state index contributed by atoms with van der Waals surface area (Å²) in [5.74, 6) is -2.34. The number of rotatable bonds is 5. The highest BCUT2D eigenvalue weighted by molar-refractivity contribution is 5.97. The van der Waals surface area contributed by atoms with Crippen molar-refractivity contribution in [2.24, 2.45) is 11.3 Å². The van der Waals surface area contributed by atoms with Crippen LogP contribution in [0.4, 0.5) is 0 Å². The number of aliphatic hydroxyl groups is 1. The SMILES string of the molecule is C=CCN1C[C@@]2(C(=O)O)CN(C(=O)c3ccc(CO)o3)C[C@H]2C1=O. The van der Waals surface area contributed by atoms with E-state index in [1.54, 1.807) is 6.08 Å². The van der Waals surface area contributed by atoms with Crippen LogP contribution in [-0.2, 0) is 16.2 Å². The normalized spacial score (nSPS) is 25.9. The minimum absolute atomic E-state index is 0.0231. The van der Waals surface area contributed by atoms with E-state index in [9.17, 15) is 19.5 Å². The lowest BCUT2D eigenvalue weighted by Crippen LogP contribution is -2.42. The molecule has 2 N–H and O–H groups in total. The first kappa shape index (κ1) is 16.3. The third-order valence-corrected chi connectivity index (χ3v) is 4.72. The molecule has 2 amide bonds. The summed E-state index contributed by atoms with van der Waals surface area (Å²) < 4.78 is 5.21. The van der Waals surface area contributed by atoms with E-state index in [1.807, 2.05) is 0 Å². The van der Waals surface area contributed by atoms with Gasteiger partial charge in [0.2, 0.25) is 5.91 Å². The smallest absolute Gasteiger partial charge is 0.314 e. The van der Waals surface area contributed by atoms with Gasteiger partial charge in [-0.3, -0.25) is 14.4 Å². The third-order valence-electron chi connectivity index (χ3n) is 4.72. The highest BCUT2D eigenvalue weighted by Gasteiger charge is 2.62. The number of carbonyl (C=O) groups excluding carboxylic acids is 2. The van der Waals surface area contributed by atoms with Crippen LogP contribution in [0.5, 0.6) is 0 Å². The molecule has 0 bridgehead atoms. The minimum atomic E-state index is -1.30. The first-order valence-corrected chi connectivity index (χ1v) is 7.55. The molecule has 2 fully saturated rings. The molecule has 8 nitrogen and oxygen atoms in total. The van der Waals surface area contributed by atoms with Gasteiger partial charge >= 0.3 is 5.97 Å². The second-order valence-corrected chi connectivity index (χ2v) is 6.13. The van der Waals surface area contributed by atoms with Crippen LogP contribution in [0.2, 0.25) is 0 Å². The number of fused-ring (bicyclic) bond motifs is 1. The van der Waals surface area contributed by atoms with Crippen LogP contribution < -0.4 is 0 Å². The topological polar surface area (TPSA) is 111 Å². The molecule has 128 valence electrons. The van der Waals surface area contributed by atoms with Gasteiger partial charge in [0.25, 0.3) is 5.91 Å². The van der Waals surface area contributed by atoms with Gasteiger partial charge in [-0.1, -0.05) is 6.08 Å². The Balaban J connectivity index is 1.84. The van der Waals surface area contributed by atoms with E-state index < -0.39 is 23.2 Å². The monoisotopic (exact) mass is 334 g/mol. The van der Waals surface area contributed by atoms with Gasteiger partial charge in [0.05, 0.1) is 5.92 Å². The Morgan fingerprint density at radius 2 is 2.17 bits per heavy atom. The lowest BCUT2D eigenvalue weighted by molar-refractivity contribution is -0.149. The summed E-state index contributed by atoms with van der Waals surface area (Å²) in [6.45, 7) is 3.57. The number of carboxylic acids is 1.